The summed E-state index contributed by atoms with van der Waals surface area (Å²) in [6.07, 6.45) is 0.827. The Morgan fingerprint density at radius 3 is 2.93 bits per heavy atom. The number of Topliss-reactive ketones (excluding diaryl/α,β-unsaturated/α-hetero) is 1. The van der Waals surface area contributed by atoms with Crippen LogP contribution in [-0.4, -0.2) is 18.9 Å². The summed E-state index contributed by atoms with van der Waals surface area (Å²) >= 11 is 0. The molecule has 1 rings (SSSR count). The van der Waals surface area contributed by atoms with Crippen LogP contribution in [-0.2, 0) is 11.2 Å². The number of hydrogen-bond acceptors (Lipinski definition) is 2. The van der Waals surface area contributed by atoms with Gasteiger partial charge in [-0.05, 0) is 24.2 Å². The first kappa shape index (κ1) is 11.9. The minimum Gasteiger partial charge on any atom is -0.317 e. The first-order valence-corrected chi connectivity index (χ1v) is 5.19. The molecule has 0 unspecified atom stereocenters. The van der Waals surface area contributed by atoms with Crippen molar-refractivity contribution >= 4 is 5.78 Å². The van der Waals surface area contributed by atoms with Crippen LogP contribution in [0.5, 0.6) is 0 Å². The van der Waals surface area contributed by atoms with Crippen molar-refractivity contribution in [2.45, 2.75) is 19.8 Å². The van der Waals surface area contributed by atoms with Gasteiger partial charge in [0.25, 0.3) is 0 Å². The average Bonchev–Trinajstić information content (AvgIpc) is 2.18. The predicted octanol–water partition coefficient (Wildman–Crippen LogP) is 1.94. The van der Waals surface area contributed by atoms with Gasteiger partial charge in [0.2, 0.25) is 0 Å². The zero-order valence-electron chi connectivity index (χ0n) is 8.92. The lowest BCUT2D eigenvalue weighted by molar-refractivity contribution is -0.118. The highest BCUT2D eigenvalue weighted by molar-refractivity contribution is 5.80. The van der Waals surface area contributed by atoms with Gasteiger partial charge in [0.1, 0.15) is 11.6 Å². The van der Waals surface area contributed by atoms with Crippen molar-refractivity contribution in [2.75, 3.05) is 13.1 Å². The lowest BCUT2D eigenvalue weighted by Crippen LogP contribution is -2.18. The second kappa shape index (κ2) is 6.30. The maximum atomic E-state index is 12.8. The van der Waals surface area contributed by atoms with E-state index in [-0.39, 0.29) is 11.6 Å². The van der Waals surface area contributed by atoms with Gasteiger partial charge in [0.15, 0.2) is 0 Å². The van der Waals surface area contributed by atoms with Gasteiger partial charge in [-0.3, -0.25) is 4.79 Å². The standard InChI is InChI=1S/C12H16FNO/c1-2-14-7-6-12(15)9-10-4-3-5-11(13)8-10/h3-5,8,14H,2,6-7,9H2,1H3. The number of carbonyl (C=O) groups is 1. The maximum absolute atomic E-state index is 12.8. The van der Waals surface area contributed by atoms with Crippen LogP contribution in [0.3, 0.4) is 0 Å². The van der Waals surface area contributed by atoms with Crippen molar-refractivity contribution in [3.05, 3.63) is 35.6 Å². The van der Waals surface area contributed by atoms with Crippen LogP contribution < -0.4 is 5.32 Å². The maximum Gasteiger partial charge on any atom is 0.138 e. The Kier molecular flexibility index (Phi) is 4.98. The molecule has 1 aromatic carbocycles. The molecule has 1 aromatic rings. The van der Waals surface area contributed by atoms with Gasteiger partial charge in [0, 0.05) is 19.4 Å². The lowest BCUT2D eigenvalue weighted by Gasteiger charge is -2.02. The molecule has 82 valence electrons. The van der Waals surface area contributed by atoms with Crippen LogP contribution in [0.15, 0.2) is 24.3 Å². The third kappa shape index (κ3) is 4.70. The summed E-state index contributed by atoms with van der Waals surface area (Å²) < 4.78 is 12.8. The monoisotopic (exact) mass is 209 g/mol. The summed E-state index contributed by atoms with van der Waals surface area (Å²) in [5.41, 5.74) is 0.747. The van der Waals surface area contributed by atoms with E-state index < -0.39 is 0 Å². The molecule has 0 fully saturated rings. The molecule has 0 saturated heterocycles. The Morgan fingerprint density at radius 1 is 1.47 bits per heavy atom. The second-order valence-electron chi connectivity index (χ2n) is 3.45. The molecule has 0 amide bonds. The van der Waals surface area contributed by atoms with E-state index in [0.29, 0.717) is 19.4 Å². The molecule has 0 heterocycles. The molecule has 0 aliphatic carbocycles. The summed E-state index contributed by atoms with van der Waals surface area (Å²) in [4.78, 5) is 11.4. The highest BCUT2D eigenvalue weighted by Crippen LogP contribution is 2.05. The van der Waals surface area contributed by atoms with E-state index in [2.05, 4.69) is 5.32 Å². The molecule has 0 aromatic heterocycles. The molecular formula is C12H16FNO. The minimum absolute atomic E-state index is 0.140. The van der Waals surface area contributed by atoms with Crippen molar-refractivity contribution < 1.29 is 9.18 Å². The number of benzene rings is 1. The third-order valence-electron chi connectivity index (χ3n) is 2.12. The SMILES string of the molecule is CCNCCC(=O)Cc1cccc(F)c1. The number of carbonyl (C=O) groups excluding carboxylic acids is 1. The van der Waals surface area contributed by atoms with E-state index in [1.54, 1.807) is 12.1 Å². The number of nitrogens with one attached hydrogen (secondary N) is 1. The molecule has 0 aliphatic rings. The van der Waals surface area contributed by atoms with Crippen LogP contribution in [0.25, 0.3) is 0 Å². The smallest absolute Gasteiger partial charge is 0.138 e. The molecule has 0 bridgehead atoms. The lowest BCUT2D eigenvalue weighted by atomic mass is 10.1. The van der Waals surface area contributed by atoms with Gasteiger partial charge < -0.3 is 5.32 Å². The van der Waals surface area contributed by atoms with Crippen molar-refractivity contribution in [1.82, 2.24) is 5.32 Å². The summed E-state index contributed by atoms with van der Waals surface area (Å²) in [7, 11) is 0. The highest BCUT2D eigenvalue weighted by atomic mass is 19.1. The van der Waals surface area contributed by atoms with Gasteiger partial charge in [-0.15, -0.1) is 0 Å². The van der Waals surface area contributed by atoms with Crippen LogP contribution in [0.4, 0.5) is 4.39 Å². The summed E-state index contributed by atoms with van der Waals surface area (Å²) in [5.74, 6) is -0.145. The third-order valence-corrected chi connectivity index (χ3v) is 2.12. The van der Waals surface area contributed by atoms with Crippen LogP contribution in [0, 0.1) is 5.82 Å². The molecular weight excluding hydrogens is 193 g/mol. The molecule has 0 aliphatic heterocycles. The molecule has 0 atom stereocenters. The summed E-state index contributed by atoms with van der Waals surface area (Å²) in [5, 5.41) is 3.08. The van der Waals surface area contributed by atoms with Crippen molar-refractivity contribution in [1.29, 1.82) is 0 Å². The zero-order valence-corrected chi connectivity index (χ0v) is 8.92. The van der Waals surface area contributed by atoms with Crippen LogP contribution in [0.2, 0.25) is 0 Å². The molecule has 0 saturated carbocycles. The molecule has 0 radical (unpaired) electrons. The molecule has 0 spiro atoms. The van der Waals surface area contributed by atoms with E-state index in [1.165, 1.54) is 12.1 Å². The fourth-order valence-corrected chi connectivity index (χ4v) is 1.37. The van der Waals surface area contributed by atoms with E-state index in [0.717, 1.165) is 12.1 Å². The molecule has 2 nitrogen and oxygen atoms in total. The first-order valence-electron chi connectivity index (χ1n) is 5.19. The minimum atomic E-state index is -0.285. The molecule has 3 heteroatoms. The predicted molar refractivity (Wildman–Crippen MR) is 58.3 cm³/mol. The van der Waals surface area contributed by atoms with Crippen molar-refractivity contribution in [3.8, 4) is 0 Å². The fourth-order valence-electron chi connectivity index (χ4n) is 1.37. The average molecular weight is 209 g/mol. The number of hydrogen-bond donors (Lipinski definition) is 1. The Morgan fingerprint density at radius 2 is 2.27 bits per heavy atom. The molecule has 15 heavy (non-hydrogen) atoms. The number of rotatable bonds is 6. The van der Waals surface area contributed by atoms with Crippen LogP contribution in [0.1, 0.15) is 18.9 Å². The number of ketones is 1. The Hall–Kier alpha value is -1.22. The van der Waals surface area contributed by atoms with E-state index in [1.807, 2.05) is 6.92 Å². The highest BCUT2D eigenvalue weighted by Gasteiger charge is 2.03. The number of halogens is 1. The van der Waals surface area contributed by atoms with Crippen molar-refractivity contribution in [3.63, 3.8) is 0 Å². The van der Waals surface area contributed by atoms with Gasteiger partial charge in [-0.25, -0.2) is 4.39 Å². The normalized spacial score (nSPS) is 10.3. The van der Waals surface area contributed by atoms with Gasteiger partial charge in [-0.2, -0.15) is 0 Å². The second-order valence-corrected chi connectivity index (χ2v) is 3.45. The molecule has 1 N–H and O–H groups in total. The zero-order chi connectivity index (χ0) is 11.1. The van der Waals surface area contributed by atoms with Gasteiger partial charge in [0.05, 0.1) is 0 Å². The topological polar surface area (TPSA) is 29.1 Å². The first-order chi connectivity index (χ1) is 7.22. The Balaban J connectivity index is 2.37. The van der Waals surface area contributed by atoms with Gasteiger partial charge >= 0.3 is 0 Å². The quantitative estimate of drug-likeness (QED) is 0.725. The van der Waals surface area contributed by atoms with Gasteiger partial charge in [-0.1, -0.05) is 19.1 Å². The Labute approximate surface area is 89.5 Å². The van der Waals surface area contributed by atoms with Crippen LogP contribution >= 0.6 is 0 Å². The summed E-state index contributed by atoms with van der Waals surface area (Å²) in [6.45, 7) is 3.56. The van der Waals surface area contributed by atoms with E-state index in [4.69, 9.17) is 0 Å². The largest absolute Gasteiger partial charge is 0.317 e. The fraction of sp³-hybridized carbons (Fsp3) is 0.417. The van der Waals surface area contributed by atoms with E-state index >= 15 is 0 Å². The van der Waals surface area contributed by atoms with Crippen molar-refractivity contribution in [2.24, 2.45) is 0 Å². The Bertz CT molecular complexity index is 325. The summed E-state index contributed by atoms with van der Waals surface area (Å²) in [6, 6.07) is 6.19. The van der Waals surface area contributed by atoms with E-state index in [9.17, 15) is 9.18 Å².